The maximum atomic E-state index is 13.1. The first-order chi connectivity index (χ1) is 16.0. The Hall–Kier alpha value is -3.41. The summed E-state index contributed by atoms with van der Waals surface area (Å²) < 4.78 is 1.84. The predicted molar refractivity (Wildman–Crippen MR) is 127 cm³/mol. The van der Waals surface area contributed by atoms with Crippen LogP contribution in [0.5, 0.6) is 0 Å². The number of anilines is 1. The summed E-state index contributed by atoms with van der Waals surface area (Å²) in [7, 11) is 0. The number of carbonyl (C=O) groups is 1. The molecule has 2 aliphatic rings. The fourth-order valence-electron chi connectivity index (χ4n) is 4.66. The molecule has 2 fully saturated rings. The van der Waals surface area contributed by atoms with Crippen LogP contribution in [-0.4, -0.2) is 50.3 Å². The van der Waals surface area contributed by atoms with Gasteiger partial charge in [-0.15, -0.1) is 0 Å². The summed E-state index contributed by atoms with van der Waals surface area (Å²) in [5.41, 5.74) is 7.04. The van der Waals surface area contributed by atoms with Crippen LogP contribution in [0.2, 0.25) is 0 Å². The zero-order chi connectivity index (χ0) is 22.8. The van der Waals surface area contributed by atoms with Crippen LogP contribution in [0.4, 0.5) is 5.95 Å². The Bertz CT molecular complexity index is 1240. The first-order valence-electron chi connectivity index (χ1n) is 11.5. The van der Waals surface area contributed by atoms with Crippen molar-refractivity contribution in [2.24, 2.45) is 0 Å². The number of fused-ring (bicyclic) bond motifs is 1. The molecule has 0 radical (unpaired) electrons. The Labute approximate surface area is 192 Å². The molecule has 5 rings (SSSR count). The Kier molecular flexibility index (Phi) is 5.75. The van der Waals surface area contributed by atoms with E-state index in [1.807, 2.05) is 22.8 Å². The summed E-state index contributed by atoms with van der Waals surface area (Å²) in [4.78, 5) is 21.4. The van der Waals surface area contributed by atoms with Crippen LogP contribution < -0.4 is 16.4 Å². The van der Waals surface area contributed by atoms with E-state index in [9.17, 15) is 9.90 Å². The van der Waals surface area contributed by atoms with Crippen LogP contribution in [0.25, 0.3) is 16.7 Å². The second kappa shape index (κ2) is 8.85. The molecule has 1 aliphatic heterocycles. The molecule has 8 nitrogen and oxygen atoms in total. The molecule has 0 spiro atoms. The summed E-state index contributed by atoms with van der Waals surface area (Å²) >= 11 is 0. The van der Waals surface area contributed by atoms with Crippen molar-refractivity contribution in [3.63, 3.8) is 0 Å². The third-order valence-corrected chi connectivity index (χ3v) is 6.47. The number of hydrogen-bond acceptors (Lipinski definition) is 6. The standard InChI is InChI=1S/C25H28N6O2/c26-24-28-13-8-22(30-24)31-16-20(23(32)29-18-7-12-27-15-18)19-5-4-17(14-21(19)31)6-11-25(33)9-2-1-3-10-25/h4-5,8,13-14,16,18,27,33H,1-3,7,9-10,12,15H2,(H,29,32)(H2,26,28,30). The van der Waals surface area contributed by atoms with Gasteiger partial charge in [0.2, 0.25) is 5.95 Å². The lowest BCUT2D eigenvalue weighted by molar-refractivity contribution is 0.0610. The molecule has 1 amide bonds. The van der Waals surface area contributed by atoms with Crippen molar-refractivity contribution < 1.29 is 9.90 Å². The van der Waals surface area contributed by atoms with E-state index in [0.717, 1.165) is 55.2 Å². The van der Waals surface area contributed by atoms with Crippen molar-refractivity contribution in [2.45, 2.75) is 50.2 Å². The lowest BCUT2D eigenvalue weighted by atomic mass is 9.85. The van der Waals surface area contributed by atoms with E-state index in [4.69, 9.17) is 5.73 Å². The molecule has 3 aromatic rings. The average molecular weight is 445 g/mol. The number of benzene rings is 1. The third kappa shape index (κ3) is 4.56. The second-order valence-electron chi connectivity index (χ2n) is 8.92. The topological polar surface area (TPSA) is 118 Å². The lowest BCUT2D eigenvalue weighted by Crippen LogP contribution is -2.36. The summed E-state index contributed by atoms with van der Waals surface area (Å²) in [6, 6.07) is 7.61. The maximum absolute atomic E-state index is 13.1. The molecule has 1 saturated carbocycles. The van der Waals surface area contributed by atoms with Crippen LogP contribution in [0.3, 0.4) is 0 Å². The molecule has 33 heavy (non-hydrogen) atoms. The fraction of sp³-hybridized carbons (Fsp3) is 0.400. The molecule has 2 aromatic heterocycles. The zero-order valence-corrected chi connectivity index (χ0v) is 18.5. The van der Waals surface area contributed by atoms with Gasteiger partial charge in [-0.3, -0.25) is 4.79 Å². The Balaban J connectivity index is 1.55. The minimum Gasteiger partial charge on any atom is -0.378 e. The number of nitrogens with zero attached hydrogens (tertiary/aromatic N) is 3. The molecule has 1 unspecified atom stereocenters. The van der Waals surface area contributed by atoms with Gasteiger partial charge in [0.25, 0.3) is 5.91 Å². The summed E-state index contributed by atoms with van der Waals surface area (Å²) in [6.07, 6.45) is 8.85. The highest BCUT2D eigenvalue weighted by molar-refractivity contribution is 6.07. The van der Waals surface area contributed by atoms with Crippen molar-refractivity contribution >= 4 is 22.8 Å². The van der Waals surface area contributed by atoms with E-state index in [1.54, 1.807) is 18.5 Å². The number of aliphatic hydroxyl groups is 1. The van der Waals surface area contributed by atoms with Crippen molar-refractivity contribution in [2.75, 3.05) is 18.8 Å². The summed E-state index contributed by atoms with van der Waals surface area (Å²) in [5, 5.41) is 17.9. The molecule has 1 saturated heterocycles. The quantitative estimate of drug-likeness (QED) is 0.460. The predicted octanol–water partition coefficient (Wildman–Crippen LogP) is 2.14. The Morgan fingerprint density at radius 1 is 1.27 bits per heavy atom. The highest BCUT2D eigenvalue weighted by Gasteiger charge is 2.26. The number of carbonyl (C=O) groups excluding carboxylic acids is 1. The number of rotatable bonds is 3. The summed E-state index contributed by atoms with van der Waals surface area (Å²) in [5.74, 6) is 6.86. The largest absolute Gasteiger partial charge is 0.378 e. The van der Waals surface area contributed by atoms with Gasteiger partial charge < -0.3 is 26.0 Å². The fourth-order valence-corrected chi connectivity index (χ4v) is 4.66. The number of nitrogens with one attached hydrogen (secondary N) is 2. The van der Waals surface area contributed by atoms with Gasteiger partial charge >= 0.3 is 0 Å². The molecular formula is C25H28N6O2. The van der Waals surface area contributed by atoms with Crippen LogP contribution in [0.1, 0.15) is 54.4 Å². The lowest BCUT2D eigenvalue weighted by Gasteiger charge is -2.26. The monoisotopic (exact) mass is 444 g/mol. The molecule has 1 aliphatic carbocycles. The molecule has 3 heterocycles. The van der Waals surface area contributed by atoms with Gasteiger partial charge in [0, 0.05) is 35.9 Å². The van der Waals surface area contributed by atoms with E-state index < -0.39 is 5.60 Å². The minimum atomic E-state index is -0.920. The highest BCUT2D eigenvalue weighted by Crippen LogP contribution is 2.28. The third-order valence-electron chi connectivity index (χ3n) is 6.47. The van der Waals surface area contributed by atoms with Gasteiger partial charge in [-0.1, -0.05) is 24.3 Å². The first kappa shape index (κ1) is 21.4. The molecular weight excluding hydrogens is 416 g/mol. The molecule has 0 bridgehead atoms. The van der Waals surface area contributed by atoms with E-state index in [-0.39, 0.29) is 17.9 Å². The molecule has 170 valence electrons. The van der Waals surface area contributed by atoms with Gasteiger partial charge in [0.15, 0.2) is 0 Å². The number of nitrogen functional groups attached to an aromatic ring is 1. The minimum absolute atomic E-state index is 0.118. The SMILES string of the molecule is Nc1nccc(-n2cc(C(=O)NC3CCNC3)c3ccc(C#CC4(O)CCCCC4)cc32)n1. The van der Waals surface area contributed by atoms with Crippen molar-refractivity contribution in [3.8, 4) is 17.7 Å². The van der Waals surface area contributed by atoms with Gasteiger partial charge in [0.05, 0.1) is 11.1 Å². The normalized spacial score (nSPS) is 19.7. The first-order valence-corrected chi connectivity index (χ1v) is 11.5. The van der Waals surface area contributed by atoms with Crippen LogP contribution in [0, 0.1) is 11.8 Å². The number of nitrogens with two attached hydrogens (primary N) is 1. The number of hydrogen-bond donors (Lipinski definition) is 4. The number of amides is 1. The van der Waals surface area contributed by atoms with Crippen molar-refractivity contribution in [1.29, 1.82) is 0 Å². The Morgan fingerprint density at radius 2 is 2.12 bits per heavy atom. The van der Waals surface area contributed by atoms with Gasteiger partial charge in [-0.2, -0.15) is 4.98 Å². The molecule has 5 N–H and O–H groups in total. The van der Waals surface area contributed by atoms with Crippen LogP contribution in [0.15, 0.2) is 36.7 Å². The zero-order valence-electron chi connectivity index (χ0n) is 18.5. The number of aromatic nitrogens is 3. The van der Waals surface area contributed by atoms with Crippen molar-refractivity contribution in [1.82, 2.24) is 25.2 Å². The van der Waals surface area contributed by atoms with Gasteiger partial charge in [0.1, 0.15) is 11.4 Å². The summed E-state index contributed by atoms with van der Waals surface area (Å²) in [6.45, 7) is 1.68. The molecule has 1 aromatic carbocycles. The van der Waals surface area contributed by atoms with Crippen molar-refractivity contribution in [3.05, 3.63) is 47.8 Å². The van der Waals surface area contributed by atoms with Gasteiger partial charge in [-0.25, -0.2) is 4.98 Å². The van der Waals surface area contributed by atoms with Gasteiger partial charge in [-0.05, 0) is 56.8 Å². The van der Waals surface area contributed by atoms with Crippen LogP contribution >= 0.6 is 0 Å². The second-order valence-corrected chi connectivity index (χ2v) is 8.92. The maximum Gasteiger partial charge on any atom is 0.253 e. The molecule has 8 heteroatoms. The van der Waals surface area contributed by atoms with E-state index >= 15 is 0 Å². The highest BCUT2D eigenvalue weighted by atomic mass is 16.3. The smallest absolute Gasteiger partial charge is 0.253 e. The average Bonchev–Trinajstić information content (AvgIpc) is 3.46. The van der Waals surface area contributed by atoms with E-state index in [1.165, 1.54) is 0 Å². The molecule has 1 atom stereocenters. The Morgan fingerprint density at radius 3 is 2.88 bits per heavy atom. The van der Waals surface area contributed by atoms with Crippen LogP contribution in [-0.2, 0) is 0 Å². The van der Waals surface area contributed by atoms with E-state index in [2.05, 4.69) is 32.4 Å². The van der Waals surface area contributed by atoms with E-state index in [0.29, 0.717) is 24.2 Å².